The van der Waals surface area contributed by atoms with E-state index in [0.29, 0.717) is 0 Å². The van der Waals surface area contributed by atoms with Crippen molar-refractivity contribution in [1.29, 1.82) is 0 Å². The molecule has 12 heavy (non-hydrogen) atoms. The second-order valence-corrected chi connectivity index (χ2v) is 3.49. The molecule has 0 amide bonds. The third kappa shape index (κ3) is 1.73. The molecule has 0 atom stereocenters. The van der Waals surface area contributed by atoms with Crippen molar-refractivity contribution >= 4 is 14.8 Å². The van der Waals surface area contributed by atoms with Gasteiger partial charge in [-0.15, -0.1) is 0 Å². The number of hydrogen-bond donors (Lipinski definition) is 0. The van der Waals surface area contributed by atoms with Gasteiger partial charge in [-0.1, -0.05) is 17.7 Å². The fourth-order valence-electron chi connectivity index (χ4n) is 1.52. The minimum atomic E-state index is -0.148. The van der Waals surface area contributed by atoms with Gasteiger partial charge < -0.3 is 0 Å². The maximum Gasteiger partial charge on any atom is 0.194 e. The van der Waals surface area contributed by atoms with Gasteiger partial charge in [-0.2, -0.15) is 0 Å². The van der Waals surface area contributed by atoms with Crippen molar-refractivity contribution < 1.29 is 4.79 Å². The number of rotatable bonds is 1. The molecule has 0 aliphatic rings. The second-order valence-electron chi connectivity index (χ2n) is 3.08. The summed E-state index contributed by atoms with van der Waals surface area (Å²) < 4.78 is 0. The van der Waals surface area contributed by atoms with Crippen molar-refractivity contribution in [3.63, 3.8) is 0 Å². The molecule has 0 saturated carbocycles. The molecule has 1 nitrogen and oxygen atoms in total. The first-order valence-corrected chi connectivity index (χ1v) is 4.28. The standard InChI is InChI=1S/C10H11OP/c1-6-4-7(2)9(10(11)12)8(3)5-6/h4-5H,1-3H3. The van der Waals surface area contributed by atoms with E-state index in [0.717, 1.165) is 16.7 Å². The molecule has 0 N–H and O–H groups in total. The average Bonchev–Trinajstić information content (AvgIpc) is 1.82. The van der Waals surface area contributed by atoms with E-state index in [9.17, 15) is 4.79 Å². The summed E-state index contributed by atoms with van der Waals surface area (Å²) in [7, 11) is 3.82. The highest BCUT2D eigenvalue weighted by molar-refractivity contribution is 7.41. The molecule has 0 unspecified atom stereocenters. The zero-order valence-electron chi connectivity index (χ0n) is 7.51. The minimum absolute atomic E-state index is 0.148. The molecular weight excluding hydrogens is 167 g/mol. The van der Waals surface area contributed by atoms with Crippen molar-refractivity contribution in [3.05, 3.63) is 34.4 Å². The normalized spacial score (nSPS) is 10.0. The van der Waals surface area contributed by atoms with Crippen LogP contribution in [0, 0.1) is 20.8 Å². The Bertz CT molecular complexity index is 306. The fraction of sp³-hybridized carbons (Fsp3) is 0.300. The summed E-state index contributed by atoms with van der Waals surface area (Å²) in [5.74, 6) is 0. The van der Waals surface area contributed by atoms with Gasteiger partial charge in [0.2, 0.25) is 0 Å². The van der Waals surface area contributed by atoms with Crippen LogP contribution in [0.4, 0.5) is 0 Å². The number of carbonyl (C=O) groups excluding carboxylic acids is 1. The number of carbonyl (C=O) groups is 1. The third-order valence-corrected chi connectivity index (χ3v) is 2.11. The highest BCUT2D eigenvalue weighted by Crippen LogP contribution is 2.18. The Hall–Kier alpha value is -0.680. The van der Waals surface area contributed by atoms with Crippen LogP contribution in [0.1, 0.15) is 27.0 Å². The van der Waals surface area contributed by atoms with E-state index >= 15 is 0 Å². The monoisotopic (exact) mass is 178 g/mol. The molecule has 0 bridgehead atoms. The van der Waals surface area contributed by atoms with Crippen molar-refractivity contribution in [2.75, 3.05) is 0 Å². The minimum Gasteiger partial charge on any atom is -0.288 e. The summed E-state index contributed by atoms with van der Waals surface area (Å²) in [5, 5.41) is 0. The highest BCUT2D eigenvalue weighted by atomic mass is 31.0. The van der Waals surface area contributed by atoms with Crippen LogP contribution in [0.15, 0.2) is 12.1 Å². The zero-order valence-corrected chi connectivity index (χ0v) is 8.40. The first-order chi connectivity index (χ1) is 5.52. The largest absolute Gasteiger partial charge is 0.288 e. The van der Waals surface area contributed by atoms with Crippen molar-refractivity contribution in [2.45, 2.75) is 20.8 Å². The molecule has 2 radical (unpaired) electrons. The van der Waals surface area contributed by atoms with Gasteiger partial charge in [-0.25, -0.2) is 0 Å². The van der Waals surface area contributed by atoms with Gasteiger partial charge in [0.15, 0.2) is 5.52 Å². The van der Waals surface area contributed by atoms with Crippen LogP contribution < -0.4 is 0 Å². The van der Waals surface area contributed by atoms with Gasteiger partial charge in [-0.3, -0.25) is 4.79 Å². The van der Waals surface area contributed by atoms with Gasteiger partial charge in [0.05, 0.1) is 0 Å². The maximum absolute atomic E-state index is 11.1. The molecule has 0 saturated heterocycles. The lowest BCUT2D eigenvalue weighted by atomic mass is 10.0. The molecule has 62 valence electrons. The van der Waals surface area contributed by atoms with Gasteiger partial charge in [0, 0.05) is 14.8 Å². The molecule has 0 aromatic heterocycles. The molecule has 0 aliphatic carbocycles. The first-order valence-electron chi connectivity index (χ1n) is 3.83. The Morgan fingerprint density at radius 1 is 1.17 bits per heavy atom. The van der Waals surface area contributed by atoms with Crippen molar-refractivity contribution in [2.24, 2.45) is 0 Å². The second kappa shape index (κ2) is 3.37. The molecule has 0 spiro atoms. The van der Waals surface area contributed by atoms with Gasteiger partial charge in [-0.05, 0) is 31.9 Å². The predicted octanol–water partition coefficient (Wildman–Crippen LogP) is 3.16. The van der Waals surface area contributed by atoms with Crippen LogP contribution >= 0.6 is 9.24 Å². The summed E-state index contributed by atoms with van der Waals surface area (Å²) in [6.07, 6.45) is 0. The SMILES string of the molecule is Cc1cc(C)c(C(=O)[P])c(C)c1. The molecule has 0 heterocycles. The lowest BCUT2D eigenvalue weighted by Gasteiger charge is -2.06. The van der Waals surface area contributed by atoms with Gasteiger partial charge in [0.25, 0.3) is 0 Å². The molecule has 0 fully saturated rings. The topological polar surface area (TPSA) is 17.1 Å². The lowest BCUT2D eigenvalue weighted by molar-refractivity contribution is 0.108. The molecule has 0 aliphatic heterocycles. The Labute approximate surface area is 75.4 Å². The average molecular weight is 178 g/mol. The molecule has 1 aromatic carbocycles. The number of aryl methyl sites for hydroxylation is 3. The van der Waals surface area contributed by atoms with Crippen molar-refractivity contribution in [3.8, 4) is 0 Å². The van der Waals surface area contributed by atoms with Crippen LogP contribution in [-0.4, -0.2) is 5.52 Å². The van der Waals surface area contributed by atoms with E-state index in [-0.39, 0.29) is 5.52 Å². The van der Waals surface area contributed by atoms with Gasteiger partial charge >= 0.3 is 0 Å². The molecule has 1 rings (SSSR count). The Kier molecular flexibility index (Phi) is 2.64. The van der Waals surface area contributed by atoms with Crippen LogP contribution in [0.5, 0.6) is 0 Å². The Morgan fingerprint density at radius 2 is 1.58 bits per heavy atom. The number of benzene rings is 1. The quantitative estimate of drug-likeness (QED) is 0.603. The van der Waals surface area contributed by atoms with E-state index < -0.39 is 0 Å². The number of hydrogen-bond acceptors (Lipinski definition) is 1. The van der Waals surface area contributed by atoms with Crippen LogP contribution in [0.3, 0.4) is 0 Å². The van der Waals surface area contributed by atoms with Gasteiger partial charge in [0.1, 0.15) is 0 Å². The smallest absolute Gasteiger partial charge is 0.194 e. The molecule has 2 heteroatoms. The zero-order chi connectivity index (χ0) is 9.30. The fourth-order valence-corrected chi connectivity index (χ4v) is 1.87. The lowest BCUT2D eigenvalue weighted by Crippen LogP contribution is -1.97. The van der Waals surface area contributed by atoms with E-state index in [1.807, 2.05) is 32.9 Å². The van der Waals surface area contributed by atoms with E-state index in [2.05, 4.69) is 9.24 Å². The van der Waals surface area contributed by atoms with Crippen LogP contribution in [-0.2, 0) is 0 Å². The summed E-state index contributed by atoms with van der Waals surface area (Å²) in [6.45, 7) is 5.89. The van der Waals surface area contributed by atoms with Crippen LogP contribution in [0.25, 0.3) is 0 Å². The first kappa shape index (κ1) is 9.41. The summed E-state index contributed by atoms with van der Waals surface area (Å²) >= 11 is 0. The maximum atomic E-state index is 11.1. The Morgan fingerprint density at radius 3 is 1.92 bits per heavy atom. The predicted molar refractivity (Wildman–Crippen MR) is 51.9 cm³/mol. The van der Waals surface area contributed by atoms with Crippen LogP contribution in [0.2, 0.25) is 0 Å². The third-order valence-electron chi connectivity index (χ3n) is 1.89. The molecular formula is C10H11OP. The highest BCUT2D eigenvalue weighted by Gasteiger charge is 2.08. The summed E-state index contributed by atoms with van der Waals surface area (Å²) in [6, 6.07) is 3.99. The molecule has 1 aromatic rings. The summed E-state index contributed by atoms with van der Waals surface area (Å²) in [4.78, 5) is 11.1. The van der Waals surface area contributed by atoms with E-state index in [4.69, 9.17) is 0 Å². The summed E-state index contributed by atoms with van der Waals surface area (Å²) in [5.41, 5.74) is 3.79. The van der Waals surface area contributed by atoms with Crippen molar-refractivity contribution in [1.82, 2.24) is 0 Å². The Balaban J connectivity index is 3.38. The van der Waals surface area contributed by atoms with E-state index in [1.54, 1.807) is 0 Å². The van der Waals surface area contributed by atoms with E-state index in [1.165, 1.54) is 5.56 Å².